The lowest BCUT2D eigenvalue weighted by Gasteiger charge is -2.09. The Labute approximate surface area is 105 Å². The molecular formula is C14H13NO3. The van der Waals surface area contributed by atoms with Crippen molar-refractivity contribution in [3.05, 3.63) is 59.9 Å². The fraction of sp³-hybridized carbons (Fsp3) is 0.143. The SMILES string of the molecule is COC(=O)c1ncccc1OCc1ccccc1. The molecule has 2 rings (SSSR count). The number of ether oxygens (including phenoxy) is 2. The van der Waals surface area contributed by atoms with E-state index in [4.69, 9.17) is 4.74 Å². The Bertz CT molecular complexity index is 526. The maximum absolute atomic E-state index is 11.5. The first-order valence-electron chi connectivity index (χ1n) is 5.51. The molecule has 4 nitrogen and oxygen atoms in total. The van der Waals surface area contributed by atoms with Crippen LogP contribution in [0.3, 0.4) is 0 Å². The van der Waals surface area contributed by atoms with Crippen LogP contribution in [0.5, 0.6) is 5.75 Å². The van der Waals surface area contributed by atoms with Crippen LogP contribution in [0.2, 0.25) is 0 Å². The van der Waals surface area contributed by atoms with Gasteiger partial charge in [0.1, 0.15) is 6.61 Å². The summed E-state index contributed by atoms with van der Waals surface area (Å²) in [6, 6.07) is 13.1. The van der Waals surface area contributed by atoms with Gasteiger partial charge in [0.25, 0.3) is 0 Å². The Morgan fingerprint density at radius 2 is 1.94 bits per heavy atom. The second-order valence-electron chi connectivity index (χ2n) is 3.62. The van der Waals surface area contributed by atoms with Gasteiger partial charge in [0.05, 0.1) is 7.11 Å². The quantitative estimate of drug-likeness (QED) is 0.774. The Morgan fingerprint density at radius 3 is 2.67 bits per heavy atom. The summed E-state index contributed by atoms with van der Waals surface area (Å²) >= 11 is 0. The van der Waals surface area contributed by atoms with Gasteiger partial charge in [-0.3, -0.25) is 0 Å². The Hall–Kier alpha value is -2.36. The van der Waals surface area contributed by atoms with Gasteiger partial charge in [0, 0.05) is 6.20 Å². The van der Waals surface area contributed by atoms with Gasteiger partial charge in [-0.1, -0.05) is 30.3 Å². The van der Waals surface area contributed by atoms with Crippen molar-refractivity contribution in [2.75, 3.05) is 7.11 Å². The molecule has 2 aromatic rings. The van der Waals surface area contributed by atoms with E-state index >= 15 is 0 Å². The molecule has 0 atom stereocenters. The van der Waals surface area contributed by atoms with E-state index in [1.807, 2.05) is 30.3 Å². The van der Waals surface area contributed by atoms with Crippen molar-refractivity contribution in [3.8, 4) is 5.75 Å². The van der Waals surface area contributed by atoms with Crippen molar-refractivity contribution in [3.63, 3.8) is 0 Å². The molecule has 0 saturated carbocycles. The van der Waals surface area contributed by atoms with Crippen molar-refractivity contribution in [1.82, 2.24) is 4.98 Å². The minimum absolute atomic E-state index is 0.191. The molecule has 1 heterocycles. The van der Waals surface area contributed by atoms with E-state index in [1.165, 1.54) is 13.3 Å². The van der Waals surface area contributed by atoms with Gasteiger partial charge in [-0.25, -0.2) is 9.78 Å². The van der Waals surface area contributed by atoms with Crippen molar-refractivity contribution in [1.29, 1.82) is 0 Å². The molecule has 0 aliphatic carbocycles. The molecule has 0 saturated heterocycles. The molecule has 0 radical (unpaired) electrons. The summed E-state index contributed by atoms with van der Waals surface area (Å²) in [6.45, 7) is 0.385. The topological polar surface area (TPSA) is 48.4 Å². The second kappa shape index (κ2) is 5.82. The van der Waals surface area contributed by atoms with Gasteiger partial charge in [-0.05, 0) is 17.7 Å². The highest BCUT2D eigenvalue weighted by Crippen LogP contribution is 2.17. The average molecular weight is 243 g/mol. The molecule has 92 valence electrons. The van der Waals surface area contributed by atoms with E-state index in [0.29, 0.717) is 12.4 Å². The third-order valence-corrected chi connectivity index (χ3v) is 2.39. The third kappa shape index (κ3) is 2.85. The van der Waals surface area contributed by atoms with Crippen LogP contribution in [0.15, 0.2) is 48.7 Å². The zero-order chi connectivity index (χ0) is 12.8. The zero-order valence-corrected chi connectivity index (χ0v) is 10.00. The zero-order valence-electron chi connectivity index (χ0n) is 10.00. The first-order valence-corrected chi connectivity index (χ1v) is 5.51. The Morgan fingerprint density at radius 1 is 1.17 bits per heavy atom. The van der Waals surface area contributed by atoms with E-state index in [1.54, 1.807) is 12.1 Å². The van der Waals surface area contributed by atoms with E-state index in [9.17, 15) is 4.79 Å². The first kappa shape index (κ1) is 12.1. The van der Waals surface area contributed by atoms with Gasteiger partial charge in [0.2, 0.25) is 0 Å². The first-order chi connectivity index (χ1) is 8.81. The number of nitrogens with zero attached hydrogens (tertiary/aromatic N) is 1. The molecule has 0 bridgehead atoms. The van der Waals surface area contributed by atoms with Crippen LogP contribution in [-0.4, -0.2) is 18.1 Å². The van der Waals surface area contributed by atoms with Crippen LogP contribution in [0.4, 0.5) is 0 Å². The lowest BCUT2D eigenvalue weighted by molar-refractivity contribution is 0.0588. The number of hydrogen-bond donors (Lipinski definition) is 0. The van der Waals surface area contributed by atoms with Crippen LogP contribution in [0.1, 0.15) is 16.1 Å². The van der Waals surface area contributed by atoms with Crippen molar-refractivity contribution < 1.29 is 14.3 Å². The molecule has 0 unspecified atom stereocenters. The molecule has 0 fully saturated rings. The number of carbonyl (C=O) groups is 1. The van der Waals surface area contributed by atoms with Gasteiger partial charge in [-0.15, -0.1) is 0 Å². The normalized spacial score (nSPS) is 9.83. The van der Waals surface area contributed by atoms with Crippen LogP contribution in [0.25, 0.3) is 0 Å². The number of aromatic nitrogens is 1. The highest BCUT2D eigenvalue weighted by atomic mass is 16.5. The standard InChI is InChI=1S/C14H13NO3/c1-17-14(16)13-12(8-5-9-15-13)18-10-11-6-3-2-4-7-11/h2-9H,10H2,1H3. The number of esters is 1. The maximum atomic E-state index is 11.5. The summed E-state index contributed by atoms with van der Waals surface area (Å²) < 4.78 is 10.2. The van der Waals surface area contributed by atoms with Crippen LogP contribution in [0, 0.1) is 0 Å². The molecule has 0 aliphatic rings. The number of methoxy groups -OCH3 is 1. The summed E-state index contributed by atoms with van der Waals surface area (Å²) in [5.74, 6) is -0.0770. The maximum Gasteiger partial charge on any atom is 0.360 e. The predicted molar refractivity (Wildman–Crippen MR) is 66.4 cm³/mol. The van der Waals surface area contributed by atoms with E-state index in [0.717, 1.165) is 5.56 Å². The Balaban J connectivity index is 2.12. The number of carbonyl (C=O) groups excluding carboxylic acids is 1. The van der Waals surface area contributed by atoms with Gasteiger partial charge >= 0.3 is 5.97 Å². The minimum Gasteiger partial charge on any atom is -0.486 e. The van der Waals surface area contributed by atoms with Gasteiger partial charge in [-0.2, -0.15) is 0 Å². The van der Waals surface area contributed by atoms with E-state index in [2.05, 4.69) is 9.72 Å². The largest absolute Gasteiger partial charge is 0.486 e. The molecule has 0 spiro atoms. The predicted octanol–water partition coefficient (Wildman–Crippen LogP) is 2.45. The molecule has 1 aromatic carbocycles. The molecule has 0 aliphatic heterocycles. The molecule has 0 N–H and O–H groups in total. The van der Waals surface area contributed by atoms with Crippen molar-refractivity contribution >= 4 is 5.97 Å². The molecule has 0 amide bonds. The van der Waals surface area contributed by atoms with Gasteiger partial charge < -0.3 is 9.47 Å². The molecule has 18 heavy (non-hydrogen) atoms. The van der Waals surface area contributed by atoms with Crippen molar-refractivity contribution in [2.24, 2.45) is 0 Å². The summed E-state index contributed by atoms with van der Waals surface area (Å²) in [7, 11) is 1.32. The third-order valence-electron chi connectivity index (χ3n) is 2.39. The fourth-order valence-electron chi connectivity index (χ4n) is 1.49. The highest BCUT2D eigenvalue weighted by molar-refractivity contribution is 5.90. The molecular weight excluding hydrogens is 230 g/mol. The number of rotatable bonds is 4. The summed E-state index contributed by atoms with van der Waals surface area (Å²) in [6.07, 6.45) is 1.53. The second-order valence-corrected chi connectivity index (χ2v) is 3.62. The lowest BCUT2D eigenvalue weighted by Crippen LogP contribution is -2.07. The lowest BCUT2D eigenvalue weighted by atomic mass is 10.2. The fourth-order valence-corrected chi connectivity index (χ4v) is 1.49. The average Bonchev–Trinajstić information content (AvgIpc) is 2.45. The van der Waals surface area contributed by atoms with Crippen LogP contribution in [-0.2, 0) is 11.3 Å². The Kier molecular flexibility index (Phi) is 3.91. The van der Waals surface area contributed by atoms with E-state index in [-0.39, 0.29) is 5.69 Å². The van der Waals surface area contributed by atoms with E-state index < -0.39 is 5.97 Å². The summed E-state index contributed by atoms with van der Waals surface area (Å²) in [4.78, 5) is 15.4. The van der Waals surface area contributed by atoms with Crippen molar-refractivity contribution in [2.45, 2.75) is 6.61 Å². The number of pyridine rings is 1. The molecule has 4 heteroatoms. The monoisotopic (exact) mass is 243 g/mol. The van der Waals surface area contributed by atoms with Crippen LogP contribution >= 0.6 is 0 Å². The molecule has 1 aromatic heterocycles. The van der Waals surface area contributed by atoms with Gasteiger partial charge in [0.15, 0.2) is 11.4 Å². The highest BCUT2D eigenvalue weighted by Gasteiger charge is 2.13. The smallest absolute Gasteiger partial charge is 0.360 e. The number of benzene rings is 1. The summed E-state index contributed by atoms with van der Waals surface area (Å²) in [5.41, 5.74) is 1.22. The minimum atomic E-state index is -0.501. The number of hydrogen-bond acceptors (Lipinski definition) is 4. The summed E-state index contributed by atoms with van der Waals surface area (Å²) in [5, 5.41) is 0. The van der Waals surface area contributed by atoms with Crippen LogP contribution < -0.4 is 4.74 Å².